The van der Waals surface area contributed by atoms with Gasteiger partial charge in [-0.15, -0.1) is 0 Å². The lowest BCUT2D eigenvalue weighted by Crippen LogP contribution is -2.45. The van der Waals surface area contributed by atoms with Gasteiger partial charge < -0.3 is 15.8 Å². The zero-order chi connectivity index (χ0) is 17.7. The van der Waals surface area contributed by atoms with Gasteiger partial charge in [0, 0.05) is 12.1 Å². The van der Waals surface area contributed by atoms with Gasteiger partial charge in [-0.3, -0.25) is 4.79 Å². The average molecular weight is 351 g/mol. The van der Waals surface area contributed by atoms with E-state index in [4.69, 9.17) is 22.1 Å². The van der Waals surface area contributed by atoms with E-state index >= 15 is 0 Å². The minimum atomic E-state index is -0.804. The van der Waals surface area contributed by atoms with Crippen LogP contribution in [-0.4, -0.2) is 25.7 Å². The van der Waals surface area contributed by atoms with Crippen molar-refractivity contribution in [2.75, 3.05) is 13.7 Å². The Balaban J connectivity index is 2.37. The van der Waals surface area contributed by atoms with Gasteiger partial charge in [-0.05, 0) is 30.2 Å². The molecule has 0 bridgehead atoms. The maximum Gasteiger partial charge on any atom is 0.240 e. The van der Waals surface area contributed by atoms with E-state index in [0.717, 1.165) is 11.1 Å². The summed E-state index contributed by atoms with van der Waals surface area (Å²) in [6.07, 6.45) is 0. The SMILES string of the molecule is COCC(N)C(=O)NC(c1ccc(C)cc1)c1ccc(F)cc1Cl. The molecule has 0 aromatic heterocycles. The molecule has 6 heteroatoms. The van der Waals surface area contributed by atoms with Crippen LogP contribution in [0.5, 0.6) is 0 Å². The molecule has 1 amide bonds. The molecule has 0 spiro atoms. The molecule has 2 aromatic carbocycles. The van der Waals surface area contributed by atoms with E-state index in [1.165, 1.54) is 19.2 Å². The molecule has 24 heavy (non-hydrogen) atoms. The first-order chi connectivity index (χ1) is 11.4. The van der Waals surface area contributed by atoms with Crippen molar-refractivity contribution < 1.29 is 13.9 Å². The summed E-state index contributed by atoms with van der Waals surface area (Å²) in [6, 6.07) is 10.4. The van der Waals surface area contributed by atoms with E-state index in [9.17, 15) is 9.18 Å². The van der Waals surface area contributed by atoms with Gasteiger partial charge in [-0.2, -0.15) is 0 Å². The van der Waals surface area contributed by atoms with Gasteiger partial charge in [0.05, 0.1) is 12.6 Å². The second kappa shape index (κ2) is 8.24. The second-order valence-electron chi connectivity index (χ2n) is 5.58. The van der Waals surface area contributed by atoms with Crippen LogP contribution in [0.3, 0.4) is 0 Å². The number of amides is 1. The van der Waals surface area contributed by atoms with Crippen LogP contribution in [0.25, 0.3) is 0 Å². The first-order valence-electron chi connectivity index (χ1n) is 7.48. The highest BCUT2D eigenvalue weighted by atomic mass is 35.5. The van der Waals surface area contributed by atoms with Crippen LogP contribution in [0, 0.1) is 12.7 Å². The van der Waals surface area contributed by atoms with Gasteiger partial charge in [0.25, 0.3) is 0 Å². The number of aryl methyl sites for hydroxylation is 1. The number of carbonyl (C=O) groups excluding carboxylic acids is 1. The van der Waals surface area contributed by atoms with Crippen molar-refractivity contribution in [1.29, 1.82) is 0 Å². The van der Waals surface area contributed by atoms with Crippen molar-refractivity contribution in [1.82, 2.24) is 5.32 Å². The highest BCUT2D eigenvalue weighted by Gasteiger charge is 2.23. The van der Waals surface area contributed by atoms with E-state index in [1.54, 1.807) is 6.07 Å². The molecule has 0 saturated heterocycles. The molecule has 0 aliphatic heterocycles. The summed E-state index contributed by atoms with van der Waals surface area (Å²) in [4.78, 5) is 12.3. The minimum Gasteiger partial charge on any atom is -0.383 e. The Morgan fingerprint density at radius 1 is 1.29 bits per heavy atom. The van der Waals surface area contributed by atoms with Gasteiger partial charge in [-0.25, -0.2) is 4.39 Å². The van der Waals surface area contributed by atoms with Crippen LogP contribution < -0.4 is 11.1 Å². The lowest BCUT2D eigenvalue weighted by Gasteiger charge is -2.23. The van der Waals surface area contributed by atoms with Gasteiger partial charge >= 0.3 is 0 Å². The first-order valence-corrected chi connectivity index (χ1v) is 7.86. The summed E-state index contributed by atoms with van der Waals surface area (Å²) in [5, 5.41) is 3.10. The summed E-state index contributed by atoms with van der Waals surface area (Å²) in [6.45, 7) is 2.07. The molecule has 2 rings (SSSR count). The second-order valence-corrected chi connectivity index (χ2v) is 5.99. The Hall–Kier alpha value is -1.95. The minimum absolute atomic E-state index is 0.101. The quantitative estimate of drug-likeness (QED) is 0.841. The van der Waals surface area contributed by atoms with Crippen LogP contribution >= 0.6 is 11.6 Å². The number of carbonyl (C=O) groups is 1. The Morgan fingerprint density at radius 3 is 2.54 bits per heavy atom. The highest BCUT2D eigenvalue weighted by molar-refractivity contribution is 6.31. The number of halogens is 2. The number of hydrogen-bond acceptors (Lipinski definition) is 3. The number of ether oxygens (including phenoxy) is 1. The molecule has 128 valence electrons. The Labute approximate surface area is 145 Å². The lowest BCUT2D eigenvalue weighted by atomic mass is 9.97. The standard InChI is InChI=1S/C18H20ClFN2O2/c1-11-3-5-12(6-4-11)17(22-18(23)16(21)10-24-2)14-8-7-13(20)9-15(14)19/h3-9,16-17H,10,21H2,1-2H3,(H,22,23). The van der Waals surface area contributed by atoms with Crippen LogP contribution in [0.15, 0.2) is 42.5 Å². The molecular formula is C18H20ClFN2O2. The lowest BCUT2D eigenvalue weighted by molar-refractivity contribution is -0.123. The fraction of sp³-hybridized carbons (Fsp3) is 0.278. The number of benzene rings is 2. The normalized spacial score (nSPS) is 13.4. The van der Waals surface area contributed by atoms with Gasteiger partial charge in [-0.1, -0.05) is 47.5 Å². The maximum atomic E-state index is 13.3. The smallest absolute Gasteiger partial charge is 0.240 e. The van der Waals surface area contributed by atoms with Crippen LogP contribution in [0.4, 0.5) is 4.39 Å². The van der Waals surface area contributed by atoms with Gasteiger partial charge in [0.15, 0.2) is 0 Å². The predicted molar refractivity (Wildman–Crippen MR) is 92.4 cm³/mol. The molecule has 0 fully saturated rings. The van der Waals surface area contributed by atoms with Crippen molar-refractivity contribution in [3.8, 4) is 0 Å². The fourth-order valence-corrected chi connectivity index (χ4v) is 2.62. The van der Waals surface area contributed by atoms with E-state index < -0.39 is 17.9 Å². The largest absolute Gasteiger partial charge is 0.383 e. The van der Waals surface area contributed by atoms with E-state index in [-0.39, 0.29) is 17.5 Å². The monoisotopic (exact) mass is 350 g/mol. The Kier molecular flexibility index (Phi) is 6.31. The summed E-state index contributed by atoms with van der Waals surface area (Å²) in [7, 11) is 1.47. The Morgan fingerprint density at radius 2 is 1.96 bits per heavy atom. The van der Waals surface area contributed by atoms with Crippen molar-refractivity contribution in [2.45, 2.75) is 19.0 Å². The van der Waals surface area contributed by atoms with Crippen LogP contribution in [0.1, 0.15) is 22.7 Å². The Bertz CT molecular complexity index is 707. The van der Waals surface area contributed by atoms with Crippen LogP contribution in [0.2, 0.25) is 5.02 Å². The van der Waals surface area contributed by atoms with E-state index in [1.807, 2.05) is 31.2 Å². The molecule has 4 nitrogen and oxygen atoms in total. The van der Waals surface area contributed by atoms with Gasteiger partial charge in [0.2, 0.25) is 5.91 Å². The molecular weight excluding hydrogens is 331 g/mol. The fourth-order valence-electron chi connectivity index (χ4n) is 2.34. The number of hydrogen-bond donors (Lipinski definition) is 2. The number of methoxy groups -OCH3 is 1. The molecule has 3 N–H and O–H groups in total. The van der Waals surface area contributed by atoms with Crippen molar-refractivity contribution in [3.63, 3.8) is 0 Å². The number of rotatable bonds is 6. The topological polar surface area (TPSA) is 64.3 Å². The molecule has 0 aliphatic rings. The molecule has 2 unspecified atom stereocenters. The average Bonchev–Trinajstić information content (AvgIpc) is 2.54. The molecule has 0 radical (unpaired) electrons. The summed E-state index contributed by atoms with van der Waals surface area (Å²) in [5.41, 5.74) is 8.30. The van der Waals surface area contributed by atoms with E-state index in [2.05, 4.69) is 5.32 Å². The zero-order valence-corrected chi connectivity index (χ0v) is 14.3. The molecule has 0 aliphatic carbocycles. The summed E-state index contributed by atoms with van der Waals surface area (Å²) >= 11 is 6.18. The van der Waals surface area contributed by atoms with Crippen LogP contribution in [-0.2, 0) is 9.53 Å². The highest BCUT2D eigenvalue weighted by Crippen LogP contribution is 2.29. The summed E-state index contributed by atoms with van der Waals surface area (Å²) < 4.78 is 18.3. The first kappa shape index (κ1) is 18.4. The van der Waals surface area contributed by atoms with E-state index in [0.29, 0.717) is 5.56 Å². The number of nitrogens with one attached hydrogen (secondary N) is 1. The molecule has 2 aromatic rings. The third-order valence-corrected chi connectivity index (χ3v) is 3.98. The van der Waals surface area contributed by atoms with Crippen molar-refractivity contribution in [3.05, 3.63) is 70.0 Å². The van der Waals surface area contributed by atoms with Gasteiger partial charge in [0.1, 0.15) is 11.9 Å². The third-order valence-electron chi connectivity index (χ3n) is 3.65. The number of nitrogens with two attached hydrogens (primary N) is 1. The molecule has 0 saturated carbocycles. The summed E-state index contributed by atoms with van der Waals surface area (Å²) in [5.74, 6) is -0.809. The van der Waals surface area contributed by atoms with Crippen molar-refractivity contribution in [2.24, 2.45) is 5.73 Å². The zero-order valence-electron chi connectivity index (χ0n) is 13.6. The molecule has 0 heterocycles. The maximum absolute atomic E-state index is 13.3. The third kappa shape index (κ3) is 4.54. The predicted octanol–water partition coefficient (Wildman–Crippen LogP) is 2.97. The molecule has 2 atom stereocenters. The van der Waals surface area contributed by atoms with Crippen molar-refractivity contribution >= 4 is 17.5 Å².